The summed E-state index contributed by atoms with van der Waals surface area (Å²) >= 11 is 0. The van der Waals surface area contributed by atoms with Crippen molar-refractivity contribution in [2.45, 2.75) is 40.2 Å². The average Bonchev–Trinajstić information content (AvgIpc) is 2.30. The second-order valence-electron chi connectivity index (χ2n) is 4.99. The van der Waals surface area contributed by atoms with Gasteiger partial charge >= 0.3 is 0 Å². The van der Waals surface area contributed by atoms with Crippen LogP contribution in [0.5, 0.6) is 0 Å². The Balaban J connectivity index is 2.78. The summed E-state index contributed by atoms with van der Waals surface area (Å²) in [5, 5.41) is 3.11. The lowest BCUT2D eigenvalue weighted by molar-refractivity contribution is 0.582. The lowest BCUT2D eigenvalue weighted by Crippen LogP contribution is -2.31. The van der Waals surface area contributed by atoms with E-state index < -0.39 is 10.0 Å². The molecule has 0 bridgehead atoms. The van der Waals surface area contributed by atoms with Gasteiger partial charge in [-0.05, 0) is 24.5 Å². The van der Waals surface area contributed by atoms with Gasteiger partial charge in [0.1, 0.15) is 0 Å². The number of nitrogens with one attached hydrogen (secondary N) is 2. The van der Waals surface area contributed by atoms with E-state index in [1.165, 1.54) is 0 Å². The van der Waals surface area contributed by atoms with Crippen LogP contribution in [-0.2, 0) is 16.4 Å². The van der Waals surface area contributed by atoms with E-state index in [-0.39, 0.29) is 5.75 Å². The van der Waals surface area contributed by atoms with Crippen LogP contribution in [0.15, 0.2) is 18.2 Å². The summed E-state index contributed by atoms with van der Waals surface area (Å²) in [6.07, 6.45) is 0.809. The molecule has 2 N–H and O–H groups in total. The molecule has 0 fully saturated rings. The molecule has 0 heterocycles. The predicted molar refractivity (Wildman–Crippen MR) is 81.1 cm³/mol. The van der Waals surface area contributed by atoms with Gasteiger partial charge in [-0.2, -0.15) is 0 Å². The summed E-state index contributed by atoms with van der Waals surface area (Å²) in [5.41, 5.74) is 2.72. The summed E-state index contributed by atoms with van der Waals surface area (Å²) in [7, 11) is -3.30. The first-order valence-electron chi connectivity index (χ1n) is 6.68. The number of benzene rings is 1. The number of sulfonamides is 1. The Morgan fingerprint density at radius 2 is 1.95 bits per heavy atom. The fourth-order valence-electron chi connectivity index (χ4n) is 1.86. The lowest BCUT2D eigenvalue weighted by atomic mass is 10.1. The lowest BCUT2D eigenvalue weighted by Gasteiger charge is -2.15. The Labute approximate surface area is 116 Å². The van der Waals surface area contributed by atoms with E-state index in [9.17, 15) is 8.42 Å². The molecule has 0 saturated carbocycles. The zero-order valence-corrected chi connectivity index (χ0v) is 13.0. The molecule has 0 aliphatic rings. The van der Waals surface area contributed by atoms with Crippen LogP contribution in [0.2, 0.25) is 0 Å². The average molecular weight is 284 g/mol. The Morgan fingerprint density at radius 3 is 2.53 bits per heavy atom. The summed E-state index contributed by atoms with van der Waals surface area (Å²) in [5.74, 6) is 0.0860. The number of aryl methyl sites for hydroxylation is 2. The van der Waals surface area contributed by atoms with Gasteiger partial charge in [0.25, 0.3) is 0 Å². The van der Waals surface area contributed by atoms with Crippen LogP contribution in [0.1, 0.15) is 31.9 Å². The third-order valence-electron chi connectivity index (χ3n) is 2.92. The second kappa shape index (κ2) is 6.91. The van der Waals surface area contributed by atoms with Crippen LogP contribution in [0.3, 0.4) is 0 Å². The van der Waals surface area contributed by atoms with Crippen molar-refractivity contribution in [2.75, 3.05) is 17.0 Å². The fraction of sp³-hybridized carbons (Fsp3) is 0.571. The van der Waals surface area contributed by atoms with Crippen molar-refractivity contribution in [2.24, 2.45) is 0 Å². The molecule has 19 heavy (non-hydrogen) atoms. The van der Waals surface area contributed by atoms with E-state index in [4.69, 9.17) is 0 Å². The van der Waals surface area contributed by atoms with Gasteiger partial charge in [-0.15, -0.1) is 0 Å². The van der Waals surface area contributed by atoms with Gasteiger partial charge in [-0.1, -0.05) is 39.0 Å². The molecule has 4 nitrogen and oxygen atoms in total. The number of rotatable bonds is 7. The SMILES string of the molecule is CCc1cccc(C)c1NS(=O)(=O)CCNC(C)C. The number of para-hydroxylation sites is 1. The highest BCUT2D eigenvalue weighted by Crippen LogP contribution is 2.22. The molecule has 0 radical (unpaired) electrons. The van der Waals surface area contributed by atoms with Crippen molar-refractivity contribution in [3.05, 3.63) is 29.3 Å². The Hall–Kier alpha value is -1.07. The van der Waals surface area contributed by atoms with E-state index >= 15 is 0 Å². The van der Waals surface area contributed by atoms with Crippen LogP contribution in [0.25, 0.3) is 0 Å². The topological polar surface area (TPSA) is 58.2 Å². The van der Waals surface area contributed by atoms with Crippen LogP contribution in [0, 0.1) is 6.92 Å². The van der Waals surface area contributed by atoms with E-state index in [0.29, 0.717) is 12.6 Å². The smallest absolute Gasteiger partial charge is 0.233 e. The van der Waals surface area contributed by atoms with Crippen molar-refractivity contribution in [3.8, 4) is 0 Å². The molecule has 1 rings (SSSR count). The maximum absolute atomic E-state index is 12.1. The Kier molecular flexibility index (Phi) is 5.82. The van der Waals surface area contributed by atoms with Gasteiger partial charge in [0.15, 0.2) is 0 Å². The van der Waals surface area contributed by atoms with Crippen LogP contribution in [0.4, 0.5) is 5.69 Å². The van der Waals surface area contributed by atoms with E-state index in [1.54, 1.807) is 0 Å². The highest BCUT2D eigenvalue weighted by molar-refractivity contribution is 7.92. The van der Waals surface area contributed by atoms with Gasteiger partial charge in [-0.25, -0.2) is 8.42 Å². The largest absolute Gasteiger partial charge is 0.313 e. The van der Waals surface area contributed by atoms with Crippen molar-refractivity contribution in [3.63, 3.8) is 0 Å². The quantitative estimate of drug-likeness (QED) is 0.807. The molecule has 0 amide bonds. The zero-order chi connectivity index (χ0) is 14.5. The van der Waals surface area contributed by atoms with Gasteiger partial charge in [0.05, 0.1) is 11.4 Å². The first-order valence-corrected chi connectivity index (χ1v) is 8.33. The normalized spacial score (nSPS) is 11.8. The third kappa shape index (κ3) is 5.20. The van der Waals surface area contributed by atoms with Crippen molar-refractivity contribution < 1.29 is 8.42 Å². The molecule has 0 saturated heterocycles. The minimum absolute atomic E-state index is 0.0860. The molecule has 0 unspecified atom stereocenters. The van der Waals surface area contributed by atoms with Gasteiger partial charge in [-0.3, -0.25) is 4.72 Å². The van der Waals surface area contributed by atoms with Crippen LogP contribution in [-0.4, -0.2) is 26.8 Å². The van der Waals surface area contributed by atoms with Crippen molar-refractivity contribution in [1.82, 2.24) is 5.32 Å². The number of hydrogen-bond donors (Lipinski definition) is 2. The Morgan fingerprint density at radius 1 is 1.26 bits per heavy atom. The monoisotopic (exact) mass is 284 g/mol. The maximum Gasteiger partial charge on any atom is 0.233 e. The zero-order valence-electron chi connectivity index (χ0n) is 12.2. The Bertz CT molecular complexity index is 510. The molecule has 0 aliphatic heterocycles. The van der Waals surface area contributed by atoms with E-state index in [1.807, 2.05) is 45.9 Å². The molecule has 108 valence electrons. The molecule has 0 spiro atoms. The summed E-state index contributed by atoms with van der Waals surface area (Å²) < 4.78 is 26.8. The van der Waals surface area contributed by atoms with Crippen molar-refractivity contribution in [1.29, 1.82) is 0 Å². The predicted octanol–water partition coefficient (Wildman–Crippen LogP) is 2.30. The number of hydrogen-bond acceptors (Lipinski definition) is 3. The minimum Gasteiger partial charge on any atom is -0.313 e. The van der Waals surface area contributed by atoms with Gasteiger partial charge < -0.3 is 5.32 Å². The molecule has 0 aliphatic carbocycles. The molecular weight excluding hydrogens is 260 g/mol. The summed E-state index contributed by atoms with van der Waals surface area (Å²) in [4.78, 5) is 0. The molecule has 0 atom stereocenters. The third-order valence-corrected chi connectivity index (χ3v) is 4.18. The summed E-state index contributed by atoms with van der Waals surface area (Å²) in [6.45, 7) is 8.39. The van der Waals surface area contributed by atoms with E-state index in [2.05, 4.69) is 10.0 Å². The molecular formula is C14H24N2O2S. The maximum atomic E-state index is 12.1. The van der Waals surface area contributed by atoms with Gasteiger partial charge in [0.2, 0.25) is 10.0 Å². The molecule has 1 aromatic rings. The van der Waals surface area contributed by atoms with Crippen LogP contribution < -0.4 is 10.0 Å². The highest BCUT2D eigenvalue weighted by atomic mass is 32.2. The first-order chi connectivity index (χ1) is 8.85. The summed E-state index contributed by atoms with van der Waals surface area (Å²) in [6, 6.07) is 6.12. The van der Waals surface area contributed by atoms with Gasteiger partial charge in [0, 0.05) is 12.6 Å². The van der Waals surface area contributed by atoms with Crippen molar-refractivity contribution >= 4 is 15.7 Å². The van der Waals surface area contributed by atoms with E-state index in [0.717, 1.165) is 23.2 Å². The minimum atomic E-state index is -3.30. The molecule has 5 heteroatoms. The first kappa shape index (κ1) is 16.0. The highest BCUT2D eigenvalue weighted by Gasteiger charge is 2.14. The molecule has 1 aromatic carbocycles. The molecule has 0 aromatic heterocycles. The fourth-order valence-corrected chi connectivity index (χ4v) is 2.95. The number of anilines is 1. The standard InChI is InChI=1S/C14H24N2O2S/c1-5-13-8-6-7-12(4)14(13)16-19(17,18)10-9-15-11(2)3/h6-8,11,15-16H,5,9-10H2,1-4H3. The second-order valence-corrected chi connectivity index (χ2v) is 6.83. The van der Waals surface area contributed by atoms with Crippen LogP contribution >= 0.6 is 0 Å².